The molecule has 0 bridgehead atoms. The van der Waals surface area contributed by atoms with Gasteiger partial charge < -0.3 is 9.47 Å². The molecule has 0 amide bonds. The highest BCUT2D eigenvalue weighted by atomic mass is 19.1. The minimum atomic E-state index is -0.910. The summed E-state index contributed by atoms with van der Waals surface area (Å²) in [5.41, 5.74) is -0.650. The van der Waals surface area contributed by atoms with E-state index in [-0.39, 0.29) is 5.75 Å². The number of para-hydroxylation sites is 1. The van der Waals surface area contributed by atoms with E-state index in [0.717, 1.165) is 0 Å². The zero-order valence-corrected chi connectivity index (χ0v) is 8.91. The lowest BCUT2D eigenvalue weighted by atomic mass is 10.2. The topological polar surface area (TPSA) is 35.5 Å². The summed E-state index contributed by atoms with van der Waals surface area (Å²) in [5.74, 6) is -0.727. The van der Waals surface area contributed by atoms with Crippen molar-refractivity contribution in [2.75, 3.05) is 0 Å². The molecule has 0 saturated carbocycles. The van der Waals surface area contributed by atoms with E-state index < -0.39 is 17.6 Å². The molecule has 1 aromatic rings. The van der Waals surface area contributed by atoms with E-state index >= 15 is 0 Å². The summed E-state index contributed by atoms with van der Waals surface area (Å²) in [6, 6.07) is 5.65. The largest absolute Gasteiger partial charge is 0.514 e. The Morgan fingerprint density at radius 1 is 1.27 bits per heavy atom. The molecule has 0 aliphatic carbocycles. The van der Waals surface area contributed by atoms with Gasteiger partial charge in [-0.25, -0.2) is 9.18 Å². The van der Waals surface area contributed by atoms with Crippen molar-refractivity contribution in [2.24, 2.45) is 0 Å². The first-order valence-corrected chi connectivity index (χ1v) is 4.54. The number of rotatable bonds is 1. The molecule has 0 aliphatic rings. The summed E-state index contributed by atoms with van der Waals surface area (Å²) < 4.78 is 22.6. The quantitative estimate of drug-likeness (QED) is 0.530. The van der Waals surface area contributed by atoms with Crippen molar-refractivity contribution >= 4 is 6.16 Å². The standard InChI is InChI=1S/C11H13FO3/c1-11(2,3)15-10(13)14-9-7-5-4-6-8(9)12/h4-7H,1-3H3. The summed E-state index contributed by atoms with van der Waals surface area (Å²) in [6.07, 6.45) is -0.910. The molecule has 0 fully saturated rings. The van der Waals surface area contributed by atoms with Gasteiger partial charge in [-0.2, -0.15) is 0 Å². The SMILES string of the molecule is CC(C)(C)OC(=O)Oc1ccccc1F. The molecule has 1 aromatic carbocycles. The molecular formula is C11H13FO3. The molecule has 15 heavy (non-hydrogen) atoms. The maximum atomic E-state index is 13.1. The third kappa shape index (κ3) is 3.97. The van der Waals surface area contributed by atoms with E-state index in [1.165, 1.54) is 18.2 Å². The average molecular weight is 212 g/mol. The van der Waals surface area contributed by atoms with Crippen LogP contribution < -0.4 is 4.74 Å². The van der Waals surface area contributed by atoms with E-state index in [2.05, 4.69) is 4.74 Å². The van der Waals surface area contributed by atoms with E-state index in [1.54, 1.807) is 26.8 Å². The fourth-order valence-corrected chi connectivity index (χ4v) is 0.888. The lowest BCUT2D eigenvalue weighted by molar-refractivity contribution is 0.0198. The molecule has 0 N–H and O–H groups in total. The molecule has 0 spiro atoms. The predicted molar refractivity (Wildman–Crippen MR) is 53.3 cm³/mol. The molecule has 0 radical (unpaired) electrons. The number of hydrogen-bond acceptors (Lipinski definition) is 3. The summed E-state index contributed by atoms with van der Waals surface area (Å²) in [6.45, 7) is 5.11. The Bertz CT molecular complexity index is 355. The first-order chi connectivity index (χ1) is 6.88. The highest BCUT2D eigenvalue weighted by molar-refractivity contribution is 5.64. The zero-order valence-electron chi connectivity index (χ0n) is 8.91. The lowest BCUT2D eigenvalue weighted by Crippen LogP contribution is -2.26. The van der Waals surface area contributed by atoms with Gasteiger partial charge in [-0.15, -0.1) is 0 Å². The van der Waals surface area contributed by atoms with Crippen LogP contribution in [0.4, 0.5) is 9.18 Å². The second-order valence-electron chi connectivity index (χ2n) is 4.00. The van der Waals surface area contributed by atoms with Crippen molar-refractivity contribution in [3.05, 3.63) is 30.1 Å². The first-order valence-electron chi connectivity index (χ1n) is 4.54. The van der Waals surface area contributed by atoms with Gasteiger partial charge >= 0.3 is 6.16 Å². The molecule has 0 saturated heterocycles. The van der Waals surface area contributed by atoms with Crippen LogP contribution in [0.15, 0.2) is 24.3 Å². The lowest BCUT2D eigenvalue weighted by Gasteiger charge is -2.18. The number of carbonyl (C=O) groups is 1. The van der Waals surface area contributed by atoms with Crippen LogP contribution in [0.25, 0.3) is 0 Å². The highest BCUT2D eigenvalue weighted by Gasteiger charge is 2.18. The van der Waals surface area contributed by atoms with Gasteiger partial charge in [-0.3, -0.25) is 0 Å². The van der Waals surface area contributed by atoms with Gasteiger partial charge in [0.25, 0.3) is 0 Å². The minimum absolute atomic E-state index is 0.133. The van der Waals surface area contributed by atoms with Crippen LogP contribution in [-0.2, 0) is 4.74 Å². The Labute approximate surface area is 87.8 Å². The molecule has 1 rings (SSSR count). The summed E-state index contributed by atoms with van der Waals surface area (Å²) in [5, 5.41) is 0. The number of halogens is 1. The van der Waals surface area contributed by atoms with E-state index in [9.17, 15) is 9.18 Å². The fourth-order valence-electron chi connectivity index (χ4n) is 0.888. The average Bonchev–Trinajstić information content (AvgIpc) is 2.05. The molecule has 0 heterocycles. The Hall–Kier alpha value is -1.58. The summed E-state index contributed by atoms with van der Waals surface area (Å²) in [7, 11) is 0. The normalized spacial score (nSPS) is 10.9. The van der Waals surface area contributed by atoms with Gasteiger partial charge in [0.05, 0.1) is 0 Å². The number of carbonyl (C=O) groups excluding carboxylic acids is 1. The van der Waals surface area contributed by atoms with Crippen LogP contribution >= 0.6 is 0 Å². The molecule has 4 heteroatoms. The van der Waals surface area contributed by atoms with Crippen molar-refractivity contribution in [1.29, 1.82) is 0 Å². The van der Waals surface area contributed by atoms with Gasteiger partial charge in [0.2, 0.25) is 0 Å². The zero-order chi connectivity index (χ0) is 11.5. The highest BCUT2D eigenvalue weighted by Crippen LogP contribution is 2.17. The molecule has 3 nitrogen and oxygen atoms in total. The van der Waals surface area contributed by atoms with Crippen molar-refractivity contribution < 1.29 is 18.7 Å². The van der Waals surface area contributed by atoms with Crippen LogP contribution in [0.5, 0.6) is 5.75 Å². The second-order valence-corrected chi connectivity index (χ2v) is 4.00. The summed E-state index contributed by atoms with van der Waals surface area (Å²) >= 11 is 0. The van der Waals surface area contributed by atoms with Gasteiger partial charge in [0.15, 0.2) is 11.6 Å². The Balaban J connectivity index is 2.64. The molecular weight excluding hydrogens is 199 g/mol. The number of ether oxygens (including phenoxy) is 2. The van der Waals surface area contributed by atoms with Gasteiger partial charge in [-0.05, 0) is 32.9 Å². The monoisotopic (exact) mass is 212 g/mol. The van der Waals surface area contributed by atoms with Crippen molar-refractivity contribution in [3.8, 4) is 5.75 Å². The first kappa shape index (κ1) is 11.5. The summed E-state index contributed by atoms with van der Waals surface area (Å²) in [4.78, 5) is 11.2. The minimum Gasteiger partial charge on any atom is -0.428 e. The molecule has 0 aliphatic heterocycles. The van der Waals surface area contributed by atoms with E-state index in [0.29, 0.717) is 0 Å². The van der Waals surface area contributed by atoms with Crippen LogP contribution in [0.3, 0.4) is 0 Å². The third-order valence-electron chi connectivity index (χ3n) is 1.42. The Morgan fingerprint density at radius 2 is 1.87 bits per heavy atom. The van der Waals surface area contributed by atoms with Crippen molar-refractivity contribution in [2.45, 2.75) is 26.4 Å². The van der Waals surface area contributed by atoms with E-state index in [1.807, 2.05) is 0 Å². The van der Waals surface area contributed by atoms with Crippen LogP contribution in [0, 0.1) is 5.82 Å². The van der Waals surface area contributed by atoms with Crippen LogP contribution in [0.2, 0.25) is 0 Å². The maximum absolute atomic E-state index is 13.1. The van der Waals surface area contributed by atoms with Gasteiger partial charge in [0.1, 0.15) is 5.60 Å². The van der Waals surface area contributed by atoms with E-state index in [4.69, 9.17) is 4.74 Å². The van der Waals surface area contributed by atoms with Crippen molar-refractivity contribution in [3.63, 3.8) is 0 Å². The smallest absolute Gasteiger partial charge is 0.428 e. The molecule has 82 valence electrons. The van der Waals surface area contributed by atoms with Gasteiger partial charge in [-0.1, -0.05) is 12.1 Å². The number of hydrogen-bond donors (Lipinski definition) is 0. The van der Waals surface area contributed by atoms with Crippen LogP contribution in [0.1, 0.15) is 20.8 Å². The number of benzene rings is 1. The Morgan fingerprint density at radius 3 is 2.40 bits per heavy atom. The second kappa shape index (κ2) is 4.29. The predicted octanol–water partition coefficient (Wildman–Crippen LogP) is 3.14. The van der Waals surface area contributed by atoms with Crippen LogP contribution in [-0.4, -0.2) is 11.8 Å². The van der Waals surface area contributed by atoms with Gasteiger partial charge in [0, 0.05) is 0 Å². The third-order valence-corrected chi connectivity index (χ3v) is 1.42. The molecule has 0 unspecified atom stereocenters. The molecule has 0 aromatic heterocycles. The Kier molecular flexibility index (Phi) is 3.29. The fraction of sp³-hybridized carbons (Fsp3) is 0.364. The van der Waals surface area contributed by atoms with Crippen molar-refractivity contribution in [1.82, 2.24) is 0 Å². The molecule has 0 atom stereocenters. The maximum Gasteiger partial charge on any atom is 0.514 e.